The second kappa shape index (κ2) is 12.1. The van der Waals surface area contributed by atoms with Gasteiger partial charge in [0.15, 0.2) is 5.82 Å². The number of aliphatic hydroxyl groups is 1. The van der Waals surface area contributed by atoms with Crippen molar-refractivity contribution in [3.63, 3.8) is 0 Å². The van der Waals surface area contributed by atoms with Crippen LogP contribution in [0.1, 0.15) is 20.8 Å². The Balaban J connectivity index is 1.46. The first-order valence-corrected chi connectivity index (χ1v) is 12.5. The van der Waals surface area contributed by atoms with Crippen molar-refractivity contribution < 1.29 is 19.4 Å². The van der Waals surface area contributed by atoms with E-state index < -0.39 is 0 Å². The number of nitrogens with one attached hydrogen (secondary N) is 3. The number of anilines is 3. The van der Waals surface area contributed by atoms with Crippen molar-refractivity contribution >= 4 is 45.9 Å². The van der Waals surface area contributed by atoms with Crippen molar-refractivity contribution in [2.45, 2.75) is 32.9 Å². The van der Waals surface area contributed by atoms with Gasteiger partial charge in [0.05, 0.1) is 30.4 Å². The summed E-state index contributed by atoms with van der Waals surface area (Å²) in [4.78, 5) is 20.9. The van der Waals surface area contributed by atoms with Crippen LogP contribution in [0.15, 0.2) is 61.1 Å². The smallest absolute Gasteiger partial charge is 0.319 e. The first-order valence-electron chi connectivity index (χ1n) is 12.1. The average Bonchev–Trinajstić information content (AvgIpc) is 3.27. The van der Waals surface area contributed by atoms with Crippen LogP contribution in [-0.2, 0) is 11.3 Å². The molecule has 0 saturated carbocycles. The molecule has 10 nitrogen and oxygen atoms in total. The molecule has 200 valence electrons. The highest BCUT2D eigenvalue weighted by atomic mass is 35.5. The van der Waals surface area contributed by atoms with Crippen LogP contribution in [0.25, 0.3) is 11.0 Å². The van der Waals surface area contributed by atoms with Gasteiger partial charge in [-0.2, -0.15) is 0 Å². The summed E-state index contributed by atoms with van der Waals surface area (Å²) >= 11 is 6.55. The quantitative estimate of drug-likeness (QED) is 0.195. The Hall–Kier alpha value is -3.86. The molecule has 4 N–H and O–H groups in total. The number of carbonyl (C=O) groups excluding carboxylic acids is 1. The third-order valence-corrected chi connectivity index (χ3v) is 5.56. The Labute approximate surface area is 226 Å². The second-order valence-electron chi connectivity index (χ2n) is 9.53. The van der Waals surface area contributed by atoms with Crippen LogP contribution in [-0.4, -0.2) is 51.0 Å². The zero-order valence-electron chi connectivity index (χ0n) is 21.5. The molecular weight excluding hydrogens is 508 g/mol. The molecule has 38 heavy (non-hydrogen) atoms. The van der Waals surface area contributed by atoms with E-state index in [0.29, 0.717) is 47.8 Å². The molecule has 4 aromatic rings. The van der Waals surface area contributed by atoms with Crippen LogP contribution in [0.4, 0.5) is 22.0 Å². The van der Waals surface area contributed by atoms with E-state index in [1.54, 1.807) is 36.4 Å². The van der Waals surface area contributed by atoms with Gasteiger partial charge in [0.25, 0.3) is 0 Å². The van der Waals surface area contributed by atoms with Crippen molar-refractivity contribution in [1.82, 2.24) is 19.9 Å². The zero-order valence-corrected chi connectivity index (χ0v) is 22.2. The summed E-state index contributed by atoms with van der Waals surface area (Å²) in [6, 6.07) is 14.0. The molecule has 2 aromatic carbocycles. The van der Waals surface area contributed by atoms with Gasteiger partial charge in [-0.25, -0.2) is 14.8 Å². The van der Waals surface area contributed by atoms with Crippen LogP contribution < -0.4 is 20.7 Å². The minimum Gasteiger partial charge on any atom is -0.456 e. The molecule has 0 spiro atoms. The van der Waals surface area contributed by atoms with E-state index >= 15 is 0 Å². The van der Waals surface area contributed by atoms with Crippen LogP contribution >= 0.6 is 11.6 Å². The van der Waals surface area contributed by atoms with Gasteiger partial charge >= 0.3 is 6.03 Å². The lowest BCUT2D eigenvalue weighted by atomic mass is 10.1. The number of carbonyl (C=O) groups is 1. The molecule has 0 aliphatic rings. The van der Waals surface area contributed by atoms with E-state index in [4.69, 9.17) is 26.2 Å². The topological polar surface area (TPSA) is 123 Å². The number of aliphatic hydroxyl groups excluding tert-OH is 1. The molecule has 0 saturated heterocycles. The Bertz CT molecular complexity index is 1400. The summed E-state index contributed by atoms with van der Waals surface area (Å²) in [5.41, 5.74) is 2.59. The number of ether oxygens (including phenoxy) is 2. The number of amides is 2. The Morgan fingerprint density at radius 2 is 1.92 bits per heavy atom. The fraction of sp³-hybridized carbons (Fsp3) is 0.296. The normalized spacial score (nSPS) is 11.4. The van der Waals surface area contributed by atoms with E-state index in [0.717, 1.165) is 16.7 Å². The van der Waals surface area contributed by atoms with Crippen LogP contribution in [0, 0.1) is 0 Å². The predicted octanol–water partition coefficient (Wildman–Crippen LogP) is 5.55. The molecule has 0 aliphatic heterocycles. The fourth-order valence-corrected chi connectivity index (χ4v) is 3.92. The average molecular weight is 539 g/mol. The van der Waals surface area contributed by atoms with Crippen molar-refractivity contribution in [2.24, 2.45) is 0 Å². The highest BCUT2D eigenvalue weighted by molar-refractivity contribution is 6.32. The van der Waals surface area contributed by atoms with Gasteiger partial charge in [-0.1, -0.05) is 17.7 Å². The van der Waals surface area contributed by atoms with Gasteiger partial charge in [0.1, 0.15) is 23.3 Å². The van der Waals surface area contributed by atoms with Crippen molar-refractivity contribution in [2.75, 3.05) is 30.5 Å². The second-order valence-corrected chi connectivity index (χ2v) is 9.94. The lowest BCUT2D eigenvalue weighted by Crippen LogP contribution is -2.43. The first-order chi connectivity index (χ1) is 18.2. The Morgan fingerprint density at radius 3 is 2.68 bits per heavy atom. The highest BCUT2D eigenvalue weighted by Gasteiger charge is 2.14. The number of hydrogen-bond donors (Lipinski definition) is 4. The third-order valence-electron chi connectivity index (χ3n) is 5.27. The molecule has 0 aliphatic carbocycles. The lowest BCUT2D eigenvalue weighted by molar-refractivity contribution is 0.0875. The van der Waals surface area contributed by atoms with Crippen LogP contribution in [0.2, 0.25) is 5.02 Å². The van der Waals surface area contributed by atoms with E-state index in [9.17, 15) is 4.79 Å². The maximum Gasteiger partial charge on any atom is 0.319 e. The molecule has 2 heterocycles. The maximum absolute atomic E-state index is 12.2. The molecule has 0 fully saturated rings. The number of fused-ring (bicyclic) bond motifs is 1. The molecule has 0 atom stereocenters. The van der Waals surface area contributed by atoms with Gasteiger partial charge < -0.3 is 35.1 Å². The minimum absolute atomic E-state index is 0.0141. The number of aromatic nitrogens is 3. The van der Waals surface area contributed by atoms with Crippen LogP contribution in [0.5, 0.6) is 11.5 Å². The molecular formula is C27H31ClN6O4. The van der Waals surface area contributed by atoms with E-state index in [2.05, 4.69) is 25.9 Å². The number of halogens is 1. The number of urea groups is 1. The first kappa shape index (κ1) is 27.2. The highest BCUT2D eigenvalue weighted by Crippen LogP contribution is 2.34. The summed E-state index contributed by atoms with van der Waals surface area (Å²) in [5.74, 6) is 1.62. The molecule has 0 unspecified atom stereocenters. The Kier molecular flexibility index (Phi) is 8.67. The molecule has 4 rings (SSSR count). The van der Waals surface area contributed by atoms with E-state index in [1.165, 1.54) is 6.33 Å². The van der Waals surface area contributed by atoms with Crippen LogP contribution in [0.3, 0.4) is 0 Å². The molecule has 0 radical (unpaired) electrons. The van der Waals surface area contributed by atoms with Crippen molar-refractivity contribution in [1.29, 1.82) is 0 Å². The van der Waals surface area contributed by atoms with Gasteiger partial charge in [0, 0.05) is 35.7 Å². The molecule has 2 aromatic heterocycles. The molecule has 0 bridgehead atoms. The number of hydrogen-bond acceptors (Lipinski definition) is 7. The van der Waals surface area contributed by atoms with E-state index in [-0.39, 0.29) is 18.2 Å². The summed E-state index contributed by atoms with van der Waals surface area (Å²) in [7, 11) is 0. The number of rotatable bonds is 10. The van der Waals surface area contributed by atoms with Gasteiger partial charge in [-0.3, -0.25) is 0 Å². The largest absolute Gasteiger partial charge is 0.456 e. The SMILES string of the molecule is CC(C)(C)NC(=O)Nc1cccc(Oc2ccc(Nc3ncnc4ccn(CCOCCO)c34)cc2Cl)c1. The van der Waals surface area contributed by atoms with E-state index in [1.807, 2.05) is 43.7 Å². The predicted molar refractivity (Wildman–Crippen MR) is 149 cm³/mol. The van der Waals surface area contributed by atoms with Gasteiger partial charge in [0.2, 0.25) is 0 Å². The monoisotopic (exact) mass is 538 g/mol. The zero-order chi connectivity index (χ0) is 27.1. The summed E-state index contributed by atoms with van der Waals surface area (Å²) in [6.45, 7) is 7.05. The lowest BCUT2D eigenvalue weighted by Gasteiger charge is -2.20. The summed E-state index contributed by atoms with van der Waals surface area (Å²) in [6.07, 6.45) is 3.42. The minimum atomic E-state index is -0.350. The van der Waals surface area contributed by atoms with Gasteiger partial charge in [-0.05, 0) is 57.2 Å². The standard InChI is InChI=1S/C27H31ClN6O4/c1-27(2,3)33-26(36)32-18-5-4-6-20(15-18)38-23-8-7-19(16-21(23)28)31-25-24-22(29-17-30-25)9-10-34(24)11-13-37-14-12-35/h4-10,15-17,35H,11-14H2,1-3H3,(H,29,30,31)(H2,32,33,36). The van der Waals surface area contributed by atoms with Crippen molar-refractivity contribution in [3.05, 3.63) is 66.1 Å². The van der Waals surface area contributed by atoms with Gasteiger partial charge in [-0.15, -0.1) is 0 Å². The summed E-state index contributed by atoms with van der Waals surface area (Å²) < 4.78 is 13.4. The Morgan fingerprint density at radius 1 is 1.08 bits per heavy atom. The molecule has 2 amide bonds. The maximum atomic E-state index is 12.2. The fourth-order valence-electron chi connectivity index (χ4n) is 3.71. The number of benzene rings is 2. The number of nitrogens with zero attached hydrogens (tertiary/aromatic N) is 3. The third kappa shape index (κ3) is 7.34. The molecule has 11 heteroatoms. The van der Waals surface area contributed by atoms with Crippen molar-refractivity contribution in [3.8, 4) is 11.5 Å². The summed E-state index contributed by atoms with van der Waals surface area (Å²) in [5, 5.41) is 18.3.